The van der Waals surface area contributed by atoms with Crippen LogP contribution < -0.4 is 0 Å². The number of esters is 1. The molecule has 1 aromatic carbocycles. The molecule has 0 aliphatic rings. The van der Waals surface area contributed by atoms with E-state index in [9.17, 15) is 4.79 Å². The molecule has 23 heavy (non-hydrogen) atoms. The Balaban J connectivity index is 1.48. The van der Waals surface area contributed by atoms with Gasteiger partial charge >= 0.3 is 5.97 Å². The lowest BCUT2D eigenvalue weighted by atomic mass is 10.2. The molecule has 0 aliphatic heterocycles. The van der Waals surface area contributed by atoms with E-state index in [0.29, 0.717) is 18.2 Å². The lowest BCUT2D eigenvalue weighted by Gasteiger charge is -2.01. The number of hydrogen-bond donors (Lipinski definition) is 0. The molecular formula is C16H16N4O3. The van der Waals surface area contributed by atoms with E-state index >= 15 is 0 Å². The number of hydrogen-bond acceptors (Lipinski definition) is 6. The van der Waals surface area contributed by atoms with Gasteiger partial charge in [-0.25, -0.2) is 4.68 Å². The average molecular weight is 312 g/mol. The van der Waals surface area contributed by atoms with E-state index < -0.39 is 0 Å². The van der Waals surface area contributed by atoms with Crippen molar-refractivity contribution in [3.63, 3.8) is 0 Å². The maximum atomic E-state index is 11.7. The maximum Gasteiger partial charge on any atom is 0.306 e. The molecule has 0 unspecified atom stereocenters. The molecule has 3 rings (SSSR count). The van der Waals surface area contributed by atoms with Crippen LogP contribution in [-0.2, 0) is 22.6 Å². The van der Waals surface area contributed by atoms with Crippen LogP contribution in [0.1, 0.15) is 23.8 Å². The topological polar surface area (TPSA) is 83.0 Å². The number of carbonyl (C=O) groups is 1. The summed E-state index contributed by atoms with van der Waals surface area (Å²) in [6.07, 6.45) is 4.49. The third-order valence-corrected chi connectivity index (χ3v) is 3.20. The van der Waals surface area contributed by atoms with E-state index in [0.717, 1.165) is 11.3 Å². The fourth-order valence-corrected chi connectivity index (χ4v) is 2.07. The Kier molecular flexibility index (Phi) is 4.46. The van der Waals surface area contributed by atoms with Crippen LogP contribution in [0.5, 0.6) is 0 Å². The smallest absolute Gasteiger partial charge is 0.306 e. The molecule has 0 saturated carbocycles. The molecule has 0 N–H and O–H groups in total. The maximum absolute atomic E-state index is 11.7. The van der Waals surface area contributed by atoms with Gasteiger partial charge in [0.2, 0.25) is 5.89 Å². The van der Waals surface area contributed by atoms with Crippen molar-refractivity contribution in [2.75, 3.05) is 0 Å². The van der Waals surface area contributed by atoms with E-state index in [4.69, 9.17) is 9.15 Å². The fraction of sp³-hybridized carbons (Fsp3) is 0.250. The molecule has 0 radical (unpaired) electrons. The number of rotatable bonds is 6. The summed E-state index contributed by atoms with van der Waals surface area (Å²) >= 11 is 0. The molecule has 0 fully saturated rings. The molecule has 7 heteroatoms. The highest BCUT2D eigenvalue weighted by molar-refractivity contribution is 5.69. The summed E-state index contributed by atoms with van der Waals surface area (Å²) in [5, 5.41) is 11.7. The van der Waals surface area contributed by atoms with E-state index in [1.54, 1.807) is 17.8 Å². The van der Waals surface area contributed by atoms with Crippen LogP contribution >= 0.6 is 0 Å². The van der Waals surface area contributed by atoms with Crippen LogP contribution in [0.4, 0.5) is 0 Å². The monoisotopic (exact) mass is 312 g/mol. The van der Waals surface area contributed by atoms with Crippen molar-refractivity contribution in [1.29, 1.82) is 0 Å². The van der Waals surface area contributed by atoms with Gasteiger partial charge in [0.15, 0.2) is 6.61 Å². The second-order valence-corrected chi connectivity index (χ2v) is 5.00. The van der Waals surface area contributed by atoms with Gasteiger partial charge in [0.25, 0.3) is 5.89 Å². The van der Waals surface area contributed by atoms with Crippen LogP contribution in [0, 0.1) is 6.92 Å². The summed E-state index contributed by atoms with van der Waals surface area (Å²) in [5.41, 5.74) is 1.95. The molecular weight excluding hydrogens is 296 g/mol. The van der Waals surface area contributed by atoms with E-state index in [1.165, 1.54) is 0 Å². The van der Waals surface area contributed by atoms with Gasteiger partial charge in [-0.1, -0.05) is 18.2 Å². The number of benzene rings is 1. The van der Waals surface area contributed by atoms with Crippen molar-refractivity contribution in [2.24, 2.45) is 0 Å². The summed E-state index contributed by atoms with van der Waals surface area (Å²) in [5.74, 6) is 0.436. The van der Waals surface area contributed by atoms with Crippen LogP contribution in [0.15, 0.2) is 47.1 Å². The fourth-order valence-electron chi connectivity index (χ4n) is 2.07. The average Bonchev–Trinajstić information content (AvgIpc) is 3.21. The highest BCUT2D eigenvalue weighted by atomic mass is 16.5. The first-order valence-corrected chi connectivity index (χ1v) is 7.24. The number of carbonyl (C=O) groups excluding carboxylic acids is 1. The van der Waals surface area contributed by atoms with Crippen LogP contribution in [-0.4, -0.2) is 25.9 Å². The second kappa shape index (κ2) is 6.87. The first-order valence-electron chi connectivity index (χ1n) is 7.24. The zero-order valence-electron chi connectivity index (χ0n) is 12.7. The second-order valence-electron chi connectivity index (χ2n) is 5.00. The Hall–Kier alpha value is -2.96. The molecule has 0 saturated heterocycles. The Labute approximate surface area is 132 Å². The highest BCUT2D eigenvalue weighted by Gasteiger charge is 2.09. The molecule has 2 heterocycles. The number of aromatic nitrogens is 4. The molecule has 0 amide bonds. The summed E-state index contributed by atoms with van der Waals surface area (Å²) < 4.78 is 12.0. The first-order chi connectivity index (χ1) is 11.2. The molecule has 3 aromatic rings. The van der Waals surface area contributed by atoms with Gasteiger partial charge < -0.3 is 9.15 Å². The molecule has 2 aromatic heterocycles. The summed E-state index contributed by atoms with van der Waals surface area (Å²) in [6.45, 7) is 1.69. The molecule has 0 bridgehead atoms. The van der Waals surface area contributed by atoms with Gasteiger partial charge in [0, 0.05) is 19.5 Å². The van der Waals surface area contributed by atoms with Gasteiger partial charge in [0.1, 0.15) is 0 Å². The largest absolute Gasteiger partial charge is 0.456 e. The minimum Gasteiger partial charge on any atom is -0.456 e. The molecule has 0 aliphatic carbocycles. The summed E-state index contributed by atoms with van der Waals surface area (Å²) in [7, 11) is 0. The zero-order valence-corrected chi connectivity index (χ0v) is 12.7. The number of nitrogens with zero attached hydrogens (tertiary/aromatic N) is 4. The van der Waals surface area contributed by atoms with Crippen molar-refractivity contribution in [1.82, 2.24) is 20.0 Å². The minimum atomic E-state index is -0.312. The molecule has 7 nitrogen and oxygen atoms in total. The van der Waals surface area contributed by atoms with Crippen molar-refractivity contribution < 1.29 is 13.9 Å². The van der Waals surface area contributed by atoms with E-state index in [-0.39, 0.29) is 19.0 Å². The lowest BCUT2D eigenvalue weighted by molar-refractivity contribution is -0.145. The van der Waals surface area contributed by atoms with Gasteiger partial charge in [-0.2, -0.15) is 5.10 Å². The lowest BCUT2D eigenvalue weighted by Crippen LogP contribution is -2.06. The van der Waals surface area contributed by atoms with Crippen LogP contribution in [0.25, 0.3) is 5.69 Å². The number of ether oxygens (including phenoxy) is 1. The Bertz CT molecular complexity index is 779. The number of aryl methyl sites for hydroxylation is 2. The Morgan fingerprint density at radius 3 is 2.83 bits per heavy atom. The van der Waals surface area contributed by atoms with E-state index in [1.807, 2.05) is 36.5 Å². The Morgan fingerprint density at radius 1 is 1.26 bits per heavy atom. The van der Waals surface area contributed by atoms with Crippen LogP contribution in [0.3, 0.4) is 0 Å². The third kappa shape index (κ3) is 4.03. The van der Waals surface area contributed by atoms with Gasteiger partial charge in [0.05, 0.1) is 11.9 Å². The van der Waals surface area contributed by atoms with E-state index in [2.05, 4.69) is 15.3 Å². The predicted octanol–water partition coefficient (Wildman–Crippen LogP) is 2.24. The van der Waals surface area contributed by atoms with Crippen molar-refractivity contribution in [3.05, 3.63) is 60.1 Å². The standard InChI is InChI=1S/C16H16N4O3/c1-12-18-19-15(23-12)11-22-16(21)8-7-13-9-17-20(10-13)14-5-3-2-4-6-14/h2-6,9-10H,7-8,11H2,1H3. The molecule has 118 valence electrons. The van der Waals surface area contributed by atoms with Gasteiger partial charge in [-0.15, -0.1) is 10.2 Å². The summed E-state index contributed by atoms with van der Waals surface area (Å²) in [4.78, 5) is 11.7. The zero-order chi connectivity index (χ0) is 16.1. The highest BCUT2D eigenvalue weighted by Crippen LogP contribution is 2.10. The quantitative estimate of drug-likeness (QED) is 0.649. The van der Waals surface area contributed by atoms with Gasteiger partial charge in [-0.3, -0.25) is 4.79 Å². The first kappa shape index (κ1) is 15.0. The summed E-state index contributed by atoms with van der Waals surface area (Å²) in [6, 6.07) is 9.80. The molecule has 0 spiro atoms. The molecule has 0 atom stereocenters. The normalized spacial score (nSPS) is 10.7. The van der Waals surface area contributed by atoms with Crippen molar-refractivity contribution in [3.8, 4) is 5.69 Å². The minimum absolute atomic E-state index is 0.00293. The Morgan fingerprint density at radius 2 is 2.09 bits per heavy atom. The van der Waals surface area contributed by atoms with Crippen LogP contribution in [0.2, 0.25) is 0 Å². The third-order valence-electron chi connectivity index (χ3n) is 3.20. The SMILES string of the molecule is Cc1nnc(COC(=O)CCc2cnn(-c3ccccc3)c2)o1. The number of para-hydroxylation sites is 1. The van der Waals surface area contributed by atoms with Crippen molar-refractivity contribution in [2.45, 2.75) is 26.4 Å². The predicted molar refractivity (Wildman–Crippen MR) is 80.7 cm³/mol. The van der Waals surface area contributed by atoms with Crippen molar-refractivity contribution >= 4 is 5.97 Å². The van der Waals surface area contributed by atoms with Gasteiger partial charge in [-0.05, 0) is 24.1 Å².